The lowest BCUT2D eigenvalue weighted by Crippen LogP contribution is -2.30. The van der Waals surface area contributed by atoms with Gasteiger partial charge in [0.05, 0.1) is 10.6 Å². The van der Waals surface area contributed by atoms with Crippen LogP contribution in [0.2, 0.25) is 0 Å². The summed E-state index contributed by atoms with van der Waals surface area (Å²) >= 11 is 1.71. The molecule has 0 bridgehead atoms. The molecule has 2 unspecified atom stereocenters. The molecule has 112 valence electrons. The first-order valence-electron chi connectivity index (χ1n) is 7.10. The lowest BCUT2D eigenvalue weighted by atomic mass is 10.00. The van der Waals surface area contributed by atoms with Crippen LogP contribution in [-0.4, -0.2) is 14.2 Å². The third kappa shape index (κ3) is 2.78. The first-order chi connectivity index (χ1) is 9.99. The van der Waals surface area contributed by atoms with Crippen LogP contribution < -0.4 is 5.32 Å². The van der Waals surface area contributed by atoms with Gasteiger partial charge in [-0.15, -0.1) is 11.3 Å². The summed E-state index contributed by atoms with van der Waals surface area (Å²) < 4.78 is 24.5. The molecule has 2 atom stereocenters. The van der Waals surface area contributed by atoms with Gasteiger partial charge in [-0.2, -0.15) is 0 Å². The van der Waals surface area contributed by atoms with Crippen LogP contribution >= 0.6 is 11.3 Å². The molecule has 1 aliphatic rings. The molecule has 1 N–H and O–H groups in total. The van der Waals surface area contributed by atoms with Gasteiger partial charge in [0.2, 0.25) is 0 Å². The Kier molecular flexibility index (Phi) is 3.90. The normalized spacial score (nSPS) is 21.4. The van der Waals surface area contributed by atoms with Crippen molar-refractivity contribution >= 4 is 21.2 Å². The third-order valence-corrected chi connectivity index (χ3v) is 6.68. The number of thiophene rings is 1. The Morgan fingerprint density at radius 1 is 1.19 bits per heavy atom. The zero-order valence-corrected chi connectivity index (χ0v) is 13.7. The topological polar surface area (TPSA) is 46.2 Å². The minimum atomic E-state index is -3.15. The number of sulfone groups is 1. The molecule has 1 aromatic carbocycles. The fourth-order valence-electron chi connectivity index (χ4n) is 2.88. The molecular formula is C16H19NO2S2. The minimum absolute atomic E-state index is 0.124. The number of rotatable bonds is 4. The summed E-state index contributed by atoms with van der Waals surface area (Å²) in [5, 5.41) is 5.62. The third-order valence-electron chi connectivity index (χ3n) is 3.91. The highest BCUT2D eigenvalue weighted by molar-refractivity contribution is 7.91. The van der Waals surface area contributed by atoms with Crippen LogP contribution in [-0.2, 0) is 9.84 Å². The molecule has 0 aliphatic carbocycles. The van der Waals surface area contributed by atoms with Crippen LogP contribution in [0.1, 0.15) is 36.4 Å². The molecule has 0 saturated heterocycles. The van der Waals surface area contributed by atoms with E-state index in [0.29, 0.717) is 10.8 Å². The van der Waals surface area contributed by atoms with Crippen LogP contribution in [0.3, 0.4) is 0 Å². The number of hydrogen-bond donors (Lipinski definition) is 1. The van der Waals surface area contributed by atoms with E-state index in [0.717, 1.165) is 5.56 Å². The van der Waals surface area contributed by atoms with Gasteiger partial charge >= 0.3 is 0 Å². The van der Waals surface area contributed by atoms with Crippen molar-refractivity contribution in [3.05, 3.63) is 52.2 Å². The number of nitrogens with one attached hydrogen (secondary N) is 1. The Bertz CT molecular complexity index is 720. The van der Waals surface area contributed by atoms with E-state index in [9.17, 15) is 8.42 Å². The SMILES string of the molecule is CC(C)C(NC1CS(=O)(=O)c2ccccc21)c1cccs1. The van der Waals surface area contributed by atoms with Gasteiger partial charge < -0.3 is 5.32 Å². The predicted molar refractivity (Wildman–Crippen MR) is 86.3 cm³/mol. The second kappa shape index (κ2) is 5.55. The largest absolute Gasteiger partial charge is 0.301 e. The van der Waals surface area contributed by atoms with E-state index < -0.39 is 9.84 Å². The van der Waals surface area contributed by atoms with Crippen molar-refractivity contribution in [2.24, 2.45) is 5.92 Å². The average Bonchev–Trinajstić information content (AvgIpc) is 3.04. The van der Waals surface area contributed by atoms with Gasteiger partial charge in [-0.3, -0.25) is 0 Å². The fraction of sp³-hybridized carbons (Fsp3) is 0.375. The zero-order chi connectivity index (χ0) is 15.0. The lowest BCUT2D eigenvalue weighted by Gasteiger charge is -2.25. The van der Waals surface area contributed by atoms with E-state index in [1.54, 1.807) is 23.5 Å². The predicted octanol–water partition coefficient (Wildman–Crippen LogP) is 3.56. The number of benzene rings is 1. The van der Waals surface area contributed by atoms with Crippen molar-refractivity contribution in [2.75, 3.05) is 5.75 Å². The van der Waals surface area contributed by atoms with Gasteiger partial charge in [0, 0.05) is 17.0 Å². The molecular weight excluding hydrogens is 302 g/mol. The van der Waals surface area contributed by atoms with Crippen LogP contribution in [0, 0.1) is 5.92 Å². The van der Waals surface area contributed by atoms with Gasteiger partial charge in [0.25, 0.3) is 0 Å². The maximum atomic E-state index is 12.3. The van der Waals surface area contributed by atoms with Crippen molar-refractivity contribution in [1.82, 2.24) is 5.32 Å². The number of fused-ring (bicyclic) bond motifs is 1. The Morgan fingerprint density at radius 2 is 1.95 bits per heavy atom. The monoisotopic (exact) mass is 321 g/mol. The molecule has 3 nitrogen and oxygen atoms in total. The van der Waals surface area contributed by atoms with E-state index in [4.69, 9.17) is 0 Å². The smallest absolute Gasteiger partial charge is 0.180 e. The summed E-state index contributed by atoms with van der Waals surface area (Å²) in [6.07, 6.45) is 0. The molecule has 0 radical (unpaired) electrons. The Hall–Kier alpha value is -1.17. The van der Waals surface area contributed by atoms with Gasteiger partial charge in [-0.1, -0.05) is 38.1 Å². The van der Waals surface area contributed by atoms with Crippen LogP contribution in [0.4, 0.5) is 0 Å². The van der Waals surface area contributed by atoms with Crippen LogP contribution in [0.5, 0.6) is 0 Å². The molecule has 0 amide bonds. The van der Waals surface area contributed by atoms with Crippen LogP contribution in [0.25, 0.3) is 0 Å². The van der Waals surface area contributed by atoms with Gasteiger partial charge in [0.1, 0.15) is 0 Å². The Balaban J connectivity index is 1.92. The van der Waals surface area contributed by atoms with Crippen molar-refractivity contribution in [1.29, 1.82) is 0 Å². The maximum absolute atomic E-state index is 12.3. The van der Waals surface area contributed by atoms with E-state index in [1.165, 1.54) is 4.88 Å². The van der Waals surface area contributed by atoms with Crippen LogP contribution in [0.15, 0.2) is 46.7 Å². The summed E-state index contributed by atoms with van der Waals surface area (Å²) in [6.45, 7) is 4.32. The molecule has 3 rings (SSSR count). The molecule has 0 fully saturated rings. The second-order valence-corrected chi connectivity index (χ2v) is 8.76. The molecule has 21 heavy (non-hydrogen) atoms. The summed E-state index contributed by atoms with van der Waals surface area (Å²) in [4.78, 5) is 1.74. The highest BCUT2D eigenvalue weighted by Crippen LogP contribution is 2.36. The van der Waals surface area contributed by atoms with Crippen molar-refractivity contribution in [2.45, 2.75) is 30.8 Å². The lowest BCUT2D eigenvalue weighted by molar-refractivity contribution is 0.381. The summed E-state index contributed by atoms with van der Waals surface area (Å²) in [5.74, 6) is 0.556. The van der Waals surface area contributed by atoms with Gasteiger partial charge in [0.15, 0.2) is 9.84 Å². The van der Waals surface area contributed by atoms with E-state index in [-0.39, 0.29) is 17.8 Å². The standard InChI is InChI=1S/C16H19NO2S2/c1-11(2)16(14-7-5-9-20-14)17-13-10-21(18,19)15-8-4-3-6-12(13)15/h3-9,11,13,16-17H,10H2,1-2H3. The molecule has 1 aromatic heterocycles. The van der Waals surface area contributed by atoms with Gasteiger partial charge in [-0.05, 0) is 29.0 Å². The quantitative estimate of drug-likeness (QED) is 0.936. The summed E-state index contributed by atoms with van der Waals surface area (Å²) in [7, 11) is -3.15. The highest BCUT2D eigenvalue weighted by atomic mass is 32.2. The van der Waals surface area contributed by atoms with E-state index >= 15 is 0 Å². The first kappa shape index (κ1) is 14.8. The molecule has 5 heteroatoms. The second-order valence-electron chi connectivity index (χ2n) is 5.78. The minimum Gasteiger partial charge on any atom is -0.301 e. The van der Waals surface area contributed by atoms with Crippen molar-refractivity contribution in [3.63, 3.8) is 0 Å². The first-order valence-corrected chi connectivity index (χ1v) is 9.63. The highest BCUT2D eigenvalue weighted by Gasteiger charge is 2.36. The Morgan fingerprint density at radius 3 is 2.62 bits per heavy atom. The van der Waals surface area contributed by atoms with E-state index in [2.05, 4.69) is 30.6 Å². The Labute approximate surface area is 129 Å². The number of hydrogen-bond acceptors (Lipinski definition) is 4. The van der Waals surface area contributed by atoms with Gasteiger partial charge in [-0.25, -0.2) is 8.42 Å². The fourth-order valence-corrected chi connectivity index (χ4v) is 5.58. The zero-order valence-electron chi connectivity index (χ0n) is 12.1. The molecule has 0 spiro atoms. The average molecular weight is 321 g/mol. The van der Waals surface area contributed by atoms with Crippen molar-refractivity contribution in [3.8, 4) is 0 Å². The summed E-state index contributed by atoms with van der Waals surface area (Å²) in [5.41, 5.74) is 0.903. The van der Waals surface area contributed by atoms with Crippen molar-refractivity contribution < 1.29 is 8.42 Å². The molecule has 2 aromatic rings. The summed E-state index contributed by atoms with van der Waals surface area (Å²) in [6, 6.07) is 11.5. The van der Waals surface area contributed by atoms with E-state index in [1.807, 2.05) is 18.2 Å². The molecule has 1 aliphatic heterocycles. The molecule has 0 saturated carbocycles. The molecule has 2 heterocycles. The maximum Gasteiger partial charge on any atom is 0.180 e.